The van der Waals surface area contributed by atoms with E-state index in [2.05, 4.69) is 0 Å². The third-order valence-electron chi connectivity index (χ3n) is 3.88. The van der Waals surface area contributed by atoms with Crippen molar-refractivity contribution in [1.82, 2.24) is 0 Å². The molecule has 1 heterocycles. The highest BCUT2D eigenvalue weighted by molar-refractivity contribution is 6.42. The van der Waals surface area contributed by atoms with E-state index in [0.717, 1.165) is 31.1 Å². The van der Waals surface area contributed by atoms with Crippen LogP contribution < -0.4 is 4.90 Å². The van der Waals surface area contributed by atoms with E-state index in [1.165, 1.54) is 6.07 Å². The number of rotatable bonds is 2. The van der Waals surface area contributed by atoms with Crippen molar-refractivity contribution in [3.8, 4) is 0 Å². The van der Waals surface area contributed by atoms with Crippen molar-refractivity contribution >= 4 is 28.8 Å². The molecule has 0 N–H and O–H groups in total. The Labute approximate surface area is 145 Å². The van der Waals surface area contributed by atoms with Gasteiger partial charge >= 0.3 is 0 Å². The predicted molar refractivity (Wildman–Crippen MR) is 84.7 cm³/mol. The second-order valence-corrected chi connectivity index (χ2v) is 5.48. The number of benzene rings is 2. The highest BCUT2D eigenvalue weighted by atomic mass is 19.2. The molecule has 26 heavy (non-hydrogen) atoms. The van der Waals surface area contributed by atoms with Crippen LogP contribution in [0.15, 0.2) is 30.3 Å². The molecule has 4 nitrogen and oxygen atoms in total. The molecule has 8 heteroatoms. The Kier molecular flexibility index (Phi) is 4.27. The van der Waals surface area contributed by atoms with Crippen LogP contribution in [0.4, 0.5) is 23.2 Å². The minimum atomic E-state index is -1.67. The fourth-order valence-electron chi connectivity index (χ4n) is 2.82. The van der Waals surface area contributed by atoms with Gasteiger partial charge in [-0.1, -0.05) is 0 Å². The van der Waals surface area contributed by atoms with E-state index in [9.17, 15) is 27.2 Å². The smallest absolute Gasteiger partial charge is 0.269 e. The Bertz CT molecular complexity index is 961. The molecule has 2 aromatic rings. The van der Waals surface area contributed by atoms with Crippen LogP contribution in [0.5, 0.6) is 0 Å². The van der Waals surface area contributed by atoms with Gasteiger partial charge in [-0.15, -0.1) is 0 Å². The van der Waals surface area contributed by atoms with Crippen molar-refractivity contribution in [1.29, 1.82) is 0 Å². The average Bonchev–Trinajstić information content (AvgIpc) is 2.85. The zero-order valence-corrected chi connectivity index (χ0v) is 13.6. The van der Waals surface area contributed by atoms with Crippen LogP contribution in [-0.2, 0) is 14.3 Å². The molecular formula is C18H11F4NO3. The van der Waals surface area contributed by atoms with Gasteiger partial charge in [-0.2, -0.15) is 0 Å². The van der Waals surface area contributed by atoms with Gasteiger partial charge in [0.1, 0.15) is 11.6 Å². The molecule has 0 bridgehead atoms. The normalized spacial score (nSPS) is 15.2. The minimum Gasteiger partial charge on any atom is -0.495 e. The Morgan fingerprint density at radius 2 is 1.65 bits per heavy atom. The highest BCUT2D eigenvalue weighted by Gasteiger charge is 2.38. The summed E-state index contributed by atoms with van der Waals surface area (Å²) >= 11 is 0. The zero-order valence-electron chi connectivity index (χ0n) is 13.6. The molecule has 0 radical (unpaired) electrons. The summed E-state index contributed by atoms with van der Waals surface area (Å²) in [5.41, 5.74) is -0.306. The number of halogens is 4. The summed E-state index contributed by atoms with van der Waals surface area (Å²) in [6.07, 6.45) is 0. The van der Waals surface area contributed by atoms with Crippen LogP contribution in [0.25, 0.3) is 11.3 Å². The van der Waals surface area contributed by atoms with E-state index in [1.54, 1.807) is 0 Å². The molecular weight excluding hydrogens is 354 g/mol. The van der Waals surface area contributed by atoms with Gasteiger partial charge in [0.25, 0.3) is 5.91 Å². The summed E-state index contributed by atoms with van der Waals surface area (Å²) in [5, 5.41) is 0. The fourth-order valence-corrected chi connectivity index (χ4v) is 2.82. The molecule has 0 saturated heterocycles. The van der Waals surface area contributed by atoms with Crippen molar-refractivity contribution in [3.05, 3.63) is 64.7 Å². The average molecular weight is 365 g/mol. The first kappa shape index (κ1) is 17.7. The van der Waals surface area contributed by atoms with Gasteiger partial charge in [-0.05, 0) is 30.3 Å². The number of anilines is 1. The van der Waals surface area contributed by atoms with E-state index in [1.807, 2.05) is 0 Å². The first-order valence-corrected chi connectivity index (χ1v) is 7.34. The quantitative estimate of drug-likeness (QED) is 0.353. The molecule has 1 aliphatic heterocycles. The lowest BCUT2D eigenvalue weighted by Crippen LogP contribution is -2.31. The second-order valence-electron chi connectivity index (χ2n) is 5.48. The lowest BCUT2D eigenvalue weighted by Gasteiger charge is -2.13. The lowest BCUT2D eigenvalue weighted by molar-refractivity contribution is -0.122. The van der Waals surface area contributed by atoms with E-state index in [0.29, 0.717) is 12.1 Å². The molecule has 2 amide bonds. The Hall–Kier alpha value is -3.16. The molecule has 0 fully saturated rings. The molecule has 0 unspecified atom stereocenters. The Morgan fingerprint density at radius 3 is 2.19 bits per heavy atom. The van der Waals surface area contributed by atoms with Crippen molar-refractivity contribution < 1.29 is 31.9 Å². The van der Waals surface area contributed by atoms with Crippen LogP contribution in [-0.4, -0.2) is 18.9 Å². The van der Waals surface area contributed by atoms with E-state index >= 15 is 0 Å². The van der Waals surface area contributed by atoms with E-state index in [-0.39, 0.29) is 28.1 Å². The highest BCUT2D eigenvalue weighted by Crippen LogP contribution is 2.41. The summed E-state index contributed by atoms with van der Waals surface area (Å²) in [5.74, 6) is -7.08. The number of carbonyl (C=O) groups is 2. The maximum Gasteiger partial charge on any atom is 0.269 e. The number of carbonyl (C=O) groups excluding carboxylic acids is 2. The van der Waals surface area contributed by atoms with Gasteiger partial charge in [-0.25, -0.2) is 22.5 Å². The van der Waals surface area contributed by atoms with Gasteiger partial charge < -0.3 is 4.74 Å². The summed E-state index contributed by atoms with van der Waals surface area (Å²) in [6.45, 7) is 1.11. The number of ether oxygens (including phenoxy) is 1. The number of imide groups is 1. The maximum absolute atomic E-state index is 13.6. The van der Waals surface area contributed by atoms with E-state index < -0.39 is 35.1 Å². The number of nitrogens with zero attached hydrogens (tertiary/aromatic N) is 1. The maximum atomic E-state index is 13.6. The number of amides is 2. The van der Waals surface area contributed by atoms with Crippen LogP contribution in [0, 0.1) is 23.3 Å². The monoisotopic (exact) mass is 365 g/mol. The van der Waals surface area contributed by atoms with Crippen molar-refractivity contribution in [2.45, 2.75) is 6.92 Å². The second kappa shape index (κ2) is 6.29. The van der Waals surface area contributed by atoms with Gasteiger partial charge in [0.2, 0.25) is 5.91 Å². The van der Waals surface area contributed by atoms with Crippen molar-refractivity contribution in [3.63, 3.8) is 0 Å². The largest absolute Gasteiger partial charge is 0.495 e. The van der Waals surface area contributed by atoms with E-state index in [4.69, 9.17) is 4.74 Å². The van der Waals surface area contributed by atoms with Crippen LogP contribution in [0.2, 0.25) is 0 Å². The molecule has 0 aromatic heterocycles. The van der Waals surface area contributed by atoms with Crippen LogP contribution >= 0.6 is 0 Å². The standard InChI is InChI=1S/C18H11F4NO3/c1-8(24)23-14-7-10(19)3-4-11(14)15(18(23)25)17(26-2)9-5-12(20)16(22)13(21)6-9/h3-7H,1-2H3/b17-15+. The number of methoxy groups -OCH3 is 1. The predicted octanol–water partition coefficient (Wildman–Crippen LogP) is 3.65. The minimum absolute atomic E-state index is 0.0184. The topological polar surface area (TPSA) is 46.6 Å². The summed E-state index contributed by atoms with van der Waals surface area (Å²) in [4.78, 5) is 25.3. The van der Waals surface area contributed by atoms with Gasteiger partial charge in [0.05, 0.1) is 18.4 Å². The molecule has 0 spiro atoms. The number of hydrogen-bond donors (Lipinski definition) is 0. The SMILES string of the molecule is CO/C(=C1/C(=O)N(C(C)=O)c2cc(F)ccc21)c1cc(F)c(F)c(F)c1. The van der Waals surface area contributed by atoms with Gasteiger partial charge in [0, 0.05) is 18.1 Å². The van der Waals surface area contributed by atoms with Crippen LogP contribution in [0.1, 0.15) is 18.1 Å². The Balaban J connectivity index is 2.32. The van der Waals surface area contributed by atoms with Gasteiger partial charge in [0.15, 0.2) is 17.5 Å². The Morgan fingerprint density at radius 1 is 1.04 bits per heavy atom. The number of fused-ring (bicyclic) bond motifs is 1. The molecule has 2 aromatic carbocycles. The van der Waals surface area contributed by atoms with Crippen LogP contribution in [0.3, 0.4) is 0 Å². The third-order valence-corrected chi connectivity index (χ3v) is 3.88. The first-order valence-electron chi connectivity index (χ1n) is 7.34. The number of hydrogen-bond acceptors (Lipinski definition) is 3. The molecule has 1 aliphatic rings. The fraction of sp³-hybridized carbons (Fsp3) is 0.111. The molecule has 0 aliphatic carbocycles. The molecule has 134 valence electrons. The van der Waals surface area contributed by atoms with Gasteiger partial charge in [-0.3, -0.25) is 9.59 Å². The summed E-state index contributed by atoms with van der Waals surface area (Å²) < 4.78 is 59.1. The lowest BCUT2D eigenvalue weighted by atomic mass is 10.0. The zero-order chi connectivity index (χ0) is 19.2. The molecule has 0 atom stereocenters. The summed E-state index contributed by atoms with van der Waals surface area (Å²) in [7, 11) is 1.15. The summed E-state index contributed by atoms with van der Waals surface area (Å²) in [6, 6.07) is 4.62. The first-order chi connectivity index (χ1) is 12.3. The molecule has 0 saturated carbocycles. The van der Waals surface area contributed by atoms with Crippen molar-refractivity contribution in [2.75, 3.05) is 12.0 Å². The molecule has 3 rings (SSSR count). The third kappa shape index (κ3) is 2.63. The van der Waals surface area contributed by atoms with Crippen molar-refractivity contribution in [2.24, 2.45) is 0 Å².